The third-order valence-corrected chi connectivity index (χ3v) is 9.14. The number of aromatic carboxylic acids is 2. The molecule has 0 unspecified atom stereocenters. The van der Waals surface area contributed by atoms with E-state index in [-0.39, 0.29) is 162 Å². The average molecular weight is 893 g/mol. The zero-order valence-corrected chi connectivity index (χ0v) is 41.3. The van der Waals surface area contributed by atoms with Crippen LogP contribution in [0, 0.1) is 10.4 Å². The molecule has 286 valence electrons. The topological polar surface area (TPSA) is 337 Å². The van der Waals surface area contributed by atoms with Gasteiger partial charge in [-0.2, -0.15) is 10.2 Å². The molecule has 0 aliphatic heterocycles. The van der Waals surface area contributed by atoms with E-state index in [0.29, 0.717) is 12.1 Å². The third kappa shape index (κ3) is 14.3. The van der Waals surface area contributed by atoms with Crippen LogP contribution in [0.4, 0.5) is 34.1 Å². The van der Waals surface area contributed by atoms with Gasteiger partial charge in [0, 0.05) is 45.6 Å². The number of hydrogen-bond donors (Lipinski definition) is 2. The smallest absolute Gasteiger partial charge is 0.744 e. The molecular weight excluding hydrogens is 872 g/mol. The molecule has 0 bridgehead atoms. The van der Waals surface area contributed by atoms with Gasteiger partial charge in [0.05, 0.1) is 33.1 Å². The Kier molecular flexibility index (Phi) is 21.1. The minimum Gasteiger partial charge on any atom is -0.744 e. The van der Waals surface area contributed by atoms with Gasteiger partial charge in [0.2, 0.25) is 11.4 Å². The molecule has 60 heavy (non-hydrogen) atoms. The Bertz CT molecular complexity index is 2770. The standard InChI is InChI=1S/C34H24N6O14S2.4Na/c41-29-13-9-23(15-27(29)33(43)44)36-35-21-5-7-22(8-6-21)37-39(47)25-11-3-19(31(17-25)55(49,50)51)1-2-20-4-12-26(18-32(20)56(52,53)54)40(48)38-24-10-14-30(42)28(16-24)34(45)46;;;;/h1-18,41-42H,(H,43,44)(H,45,46)(H,49,50,51)(H,52,53,54);;;;/q;4*+1/p-4. The fourth-order valence-corrected chi connectivity index (χ4v) is 6.08. The van der Waals surface area contributed by atoms with E-state index >= 15 is 0 Å². The zero-order chi connectivity index (χ0) is 40.9. The van der Waals surface area contributed by atoms with Gasteiger partial charge >= 0.3 is 118 Å². The molecule has 0 aliphatic rings. The Morgan fingerprint density at radius 3 is 1.28 bits per heavy atom. The van der Waals surface area contributed by atoms with Gasteiger partial charge in [0.25, 0.3) is 0 Å². The van der Waals surface area contributed by atoms with Crippen molar-refractivity contribution in [1.82, 2.24) is 0 Å². The Hall–Kier alpha value is -3.40. The summed E-state index contributed by atoms with van der Waals surface area (Å²) in [6.07, 6.45) is 1.92. The molecule has 0 saturated carbocycles. The van der Waals surface area contributed by atoms with Crippen molar-refractivity contribution in [3.05, 3.63) is 130 Å². The molecule has 0 fully saturated rings. The number of azo groups is 3. The van der Waals surface area contributed by atoms with E-state index in [2.05, 4.69) is 20.5 Å². The molecule has 2 N–H and O–H groups in total. The summed E-state index contributed by atoms with van der Waals surface area (Å²) < 4.78 is 73.0. The van der Waals surface area contributed by atoms with E-state index in [9.17, 15) is 66.4 Å². The fraction of sp³-hybridized carbons (Fsp3) is 0. The van der Waals surface area contributed by atoms with Crippen LogP contribution in [0.5, 0.6) is 11.5 Å². The molecule has 20 nitrogen and oxygen atoms in total. The molecule has 0 spiro atoms. The number of hydrogen-bond acceptors (Lipinski definition) is 18. The van der Waals surface area contributed by atoms with Gasteiger partial charge in [-0.05, 0) is 83.9 Å². The predicted molar refractivity (Wildman–Crippen MR) is 184 cm³/mol. The second-order valence-corrected chi connectivity index (χ2v) is 13.8. The van der Waals surface area contributed by atoms with Crippen molar-refractivity contribution in [2.75, 3.05) is 0 Å². The van der Waals surface area contributed by atoms with Crippen LogP contribution in [-0.4, -0.2) is 57.8 Å². The maximum atomic E-state index is 12.9. The van der Waals surface area contributed by atoms with Crippen LogP contribution >= 0.6 is 0 Å². The number of rotatable bonds is 12. The molecule has 26 heteroatoms. The summed E-state index contributed by atoms with van der Waals surface area (Å²) in [4.78, 5) is 20.2. The van der Waals surface area contributed by atoms with E-state index in [4.69, 9.17) is 0 Å². The molecule has 0 aliphatic carbocycles. The van der Waals surface area contributed by atoms with E-state index in [1.54, 1.807) is 0 Å². The predicted octanol–water partition coefficient (Wildman–Crippen LogP) is -7.91. The molecule has 5 aromatic carbocycles. The third-order valence-electron chi connectivity index (χ3n) is 7.36. The van der Waals surface area contributed by atoms with Gasteiger partial charge in [-0.15, -0.1) is 0 Å². The number of benzene rings is 5. The van der Waals surface area contributed by atoms with E-state index in [1.165, 1.54) is 30.3 Å². The quantitative estimate of drug-likeness (QED) is 0.0294. The minimum atomic E-state index is -5.31. The summed E-state index contributed by atoms with van der Waals surface area (Å²) in [5, 5.41) is 82.1. The minimum absolute atomic E-state index is 0. The number of carbonyl (C=O) groups excluding carboxylic acids is 2. The molecule has 0 heterocycles. The first-order valence-electron chi connectivity index (χ1n) is 15.2. The molecular formula is C34H20N6Na4O14S2. The van der Waals surface area contributed by atoms with E-state index in [0.717, 1.165) is 66.7 Å². The van der Waals surface area contributed by atoms with Crippen LogP contribution in [0.15, 0.2) is 127 Å². The number of nitrogens with zero attached hydrogens (tertiary/aromatic N) is 6. The van der Waals surface area contributed by atoms with Crippen molar-refractivity contribution < 1.29 is 184 Å². The molecule has 0 atom stereocenters. The van der Waals surface area contributed by atoms with Crippen molar-refractivity contribution in [2.45, 2.75) is 9.79 Å². The second kappa shape index (κ2) is 23.2. The zero-order valence-electron chi connectivity index (χ0n) is 31.7. The number of phenols is 2. The molecule has 0 radical (unpaired) electrons. The summed E-state index contributed by atoms with van der Waals surface area (Å²) in [6.45, 7) is 0. The fourth-order valence-electron chi connectivity index (χ4n) is 4.70. The Labute approximate surface area is 428 Å². The summed E-state index contributed by atoms with van der Waals surface area (Å²) in [5.74, 6) is -4.58. The van der Waals surface area contributed by atoms with Gasteiger partial charge in [-0.1, -0.05) is 21.9 Å². The normalized spacial score (nSPS) is 11.8. The Morgan fingerprint density at radius 1 is 0.517 bits per heavy atom. The monoisotopic (exact) mass is 892 g/mol. The Morgan fingerprint density at radius 2 is 0.867 bits per heavy atom. The van der Waals surface area contributed by atoms with E-state index in [1.807, 2.05) is 0 Å². The number of aromatic hydroxyl groups is 2. The maximum absolute atomic E-state index is 12.9. The average Bonchev–Trinajstić information content (AvgIpc) is 3.13. The van der Waals surface area contributed by atoms with Crippen molar-refractivity contribution in [3.63, 3.8) is 0 Å². The summed E-state index contributed by atoms with van der Waals surface area (Å²) in [5.41, 5.74) is -2.70. The van der Waals surface area contributed by atoms with Crippen LogP contribution in [0.1, 0.15) is 31.8 Å². The number of carboxylic acids is 2. The van der Waals surface area contributed by atoms with Crippen LogP contribution in [0.2, 0.25) is 0 Å². The van der Waals surface area contributed by atoms with Gasteiger partial charge < -0.3 is 49.5 Å². The largest absolute Gasteiger partial charge is 1.00 e. The first-order chi connectivity index (χ1) is 26.3. The van der Waals surface area contributed by atoms with Crippen molar-refractivity contribution in [3.8, 4) is 11.5 Å². The van der Waals surface area contributed by atoms with Gasteiger partial charge in [0.1, 0.15) is 43.1 Å². The van der Waals surface area contributed by atoms with E-state index < -0.39 is 76.0 Å². The molecule has 5 rings (SSSR count). The first kappa shape index (κ1) is 54.6. The molecule has 5 aromatic rings. The summed E-state index contributed by atoms with van der Waals surface area (Å²) in [6, 6.07) is 17.2. The summed E-state index contributed by atoms with van der Waals surface area (Å²) in [7, 11) is -10.6. The molecule has 0 saturated heterocycles. The second-order valence-electron chi connectivity index (χ2n) is 11.1. The van der Waals surface area contributed by atoms with Crippen molar-refractivity contribution in [1.29, 1.82) is 0 Å². The molecule has 0 aromatic heterocycles. The summed E-state index contributed by atoms with van der Waals surface area (Å²) >= 11 is 0. The molecule has 0 amide bonds. The van der Waals surface area contributed by atoms with Crippen LogP contribution in [0.3, 0.4) is 0 Å². The number of carboxylic acid groups (broad SMARTS) is 2. The van der Waals surface area contributed by atoms with Crippen LogP contribution in [-0.2, 0) is 20.2 Å². The van der Waals surface area contributed by atoms with Gasteiger partial charge in [-0.3, -0.25) is 0 Å². The Balaban J connectivity index is 0.00000450. The first-order valence-corrected chi connectivity index (χ1v) is 18.0. The van der Waals surface area contributed by atoms with Crippen molar-refractivity contribution >= 4 is 78.5 Å². The van der Waals surface area contributed by atoms with Gasteiger partial charge in [0.15, 0.2) is 0 Å². The van der Waals surface area contributed by atoms with Gasteiger partial charge in [-0.25, -0.2) is 16.8 Å². The van der Waals surface area contributed by atoms with Crippen molar-refractivity contribution in [2.24, 2.45) is 20.5 Å². The maximum Gasteiger partial charge on any atom is 1.00 e. The SMILES string of the molecule is O=C([O-])c1cc(N=Nc2ccc(N=[N+]([O-])c3ccc(C=Cc4ccc([N+]([O-])=Nc5ccc(O)c(C(=O)[O-])c5)cc4S(=O)(=O)[O-])c(S(=O)(=O)[O-])c3)cc2)ccc1O.[Na+].[Na+].[Na+].[Na+]. The van der Waals surface area contributed by atoms with Crippen LogP contribution in [0.25, 0.3) is 12.2 Å². The number of carbonyl (C=O) groups is 2. The van der Waals surface area contributed by atoms with Crippen LogP contribution < -0.4 is 128 Å².